The number of hydrogen-bond acceptors (Lipinski definition) is 6. The number of rotatable bonds is 10. The standard InChI is InChI=1S/C23H25NO6S/c1-17-4-11-21(12-5-17)31(26,27)24-22-13-10-20(16-23(22)29-15-3-14-25)30-19-8-6-18(28-2)7-9-19/h4-13,16,24-25H,3,14-15H2,1-2H3. The molecule has 0 amide bonds. The van der Waals surface area contributed by atoms with Gasteiger partial charge in [0, 0.05) is 19.1 Å². The van der Waals surface area contributed by atoms with Crippen molar-refractivity contribution in [3.8, 4) is 23.0 Å². The lowest BCUT2D eigenvalue weighted by Gasteiger charge is -2.15. The molecule has 0 fully saturated rings. The number of anilines is 1. The Labute approximate surface area is 182 Å². The van der Waals surface area contributed by atoms with Crippen LogP contribution < -0.4 is 18.9 Å². The lowest BCUT2D eigenvalue weighted by molar-refractivity contribution is 0.234. The lowest BCUT2D eigenvalue weighted by Crippen LogP contribution is -2.14. The van der Waals surface area contributed by atoms with Gasteiger partial charge in [0.1, 0.15) is 23.0 Å². The summed E-state index contributed by atoms with van der Waals surface area (Å²) < 4.78 is 44.8. The van der Waals surface area contributed by atoms with E-state index in [1.54, 1.807) is 73.8 Å². The number of aliphatic hydroxyl groups is 1. The van der Waals surface area contributed by atoms with Gasteiger partial charge in [-0.05, 0) is 55.5 Å². The minimum atomic E-state index is -3.80. The zero-order valence-electron chi connectivity index (χ0n) is 17.4. The van der Waals surface area contributed by atoms with Gasteiger partial charge in [0.05, 0.1) is 24.3 Å². The van der Waals surface area contributed by atoms with Crippen molar-refractivity contribution in [1.29, 1.82) is 0 Å². The van der Waals surface area contributed by atoms with E-state index < -0.39 is 10.0 Å². The second-order valence-electron chi connectivity index (χ2n) is 6.78. The molecule has 0 saturated heterocycles. The molecule has 3 rings (SSSR count). The van der Waals surface area contributed by atoms with Crippen LogP contribution in [0.3, 0.4) is 0 Å². The highest BCUT2D eigenvalue weighted by atomic mass is 32.2. The molecule has 0 aromatic heterocycles. The number of aryl methyl sites for hydroxylation is 1. The Morgan fingerprint density at radius 3 is 2.19 bits per heavy atom. The third kappa shape index (κ3) is 6.13. The van der Waals surface area contributed by atoms with Gasteiger partial charge in [-0.2, -0.15) is 0 Å². The number of sulfonamides is 1. The van der Waals surface area contributed by atoms with Gasteiger partial charge < -0.3 is 19.3 Å². The predicted octanol–water partition coefficient (Wildman–Crippen LogP) is 4.36. The Morgan fingerprint density at radius 2 is 1.55 bits per heavy atom. The van der Waals surface area contributed by atoms with Gasteiger partial charge >= 0.3 is 0 Å². The number of benzene rings is 3. The monoisotopic (exact) mass is 443 g/mol. The number of nitrogens with one attached hydrogen (secondary N) is 1. The summed E-state index contributed by atoms with van der Waals surface area (Å²) in [5, 5.41) is 9.04. The maximum atomic E-state index is 12.8. The van der Waals surface area contributed by atoms with Gasteiger partial charge in [-0.3, -0.25) is 4.72 Å². The summed E-state index contributed by atoms with van der Waals surface area (Å²) in [6.45, 7) is 2.08. The van der Waals surface area contributed by atoms with Crippen molar-refractivity contribution < 1.29 is 27.7 Å². The quantitative estimate of drug-likeness (QED) is 0.452. The molecule has 0 radical (unpaired) electrons. The molecule has 0 unspecified atom stereocenters. The van der Waals surface area contributed by atoms with Gasteiger partial charge in [-0.15, -0.1) is 0 Å². The number of aliphatic hydroxyl groups excluding tert-OH is 1. The zero-order chi connectivity index (χ0) is 22.3. The van der Waals surface area contributed by atoms with Crippen LogP contribution in [0.4, 0.5) is 5.69 Å². The fourth-order valence-corrected chi connectivity index (χ4v) is 3.79. The van der Waals surface area contributed by atoms with Gasteiger partial charge in [0.25, 0.3) is 10.0 Å². The zero-order valence-corrected chi connectivity index (χ0v) is 18.2. The Morgan fingerprint density at radius 1 is 0.903 bits per heavy atom. The summed E-state index contributed by atoms with van der Waals surface area (Å²) in [7, 11) is -2.21. The van der Waals surface area contributed by atoms with Crippen LogP contribution in [0.2, 0.25) is 0 Å². The van der Waals surface area contributed by atoms with Crippen molar-refractivity contribution >= 4 is 15.7 Å². The molecule has 0 bridgehead atoms. The third-order valence-electron chi connectivity index (χ3n) is 4.38. The minimum absolute atomic E-state index is 0.0353. The van der Waals surface area contributed by atoms with E-state index >= 15 is 0 Å². The van der Waals surface area contributed by atoms with Crippen molar-refractivity contribution in [3.05, 3.63) is 72.3 Å². The van der Waals surface area contributed by atoms with E-state index in [-0.39, 0.29) is 23.8 Å². The first-order chi connectivity index (χ1) is 14.9. The van der Waals surface area contributed by atoms with E-state index in [4.69, 9.17) is 19.3 Å². The van der Waals surface area contributed by atoms with Gasteiger partial charge in [0.15, 0.2) is 0 Å². The number of hydrogen-bond donors (Lipinski definition) is 2. The molecule has 0 heterocycles. The Bertz CT molecular complexity index is 1100. The summed E-state index contributed by atoms with van der Waals surface area (Å²) in [5.74, 6) is 2.08. The van der Waals surface area contributed by atoms with Crippen LogP contribution in [0, 0.1) is 6.92 Å². The first-order valence-corrected chi connectivity index (χ1v) is 11.2. The average molecular weight is 444 g/mol. The molecule has 7 nitrogen and oxygen atoms in total. The molecular formula is C23H25NO6S. The lowest BCUT2D eigenvalue weighted by atomic mass is 10.2. The van der Waals surface area contributed by atoms with Gasteiger partial charge in [0.2, 0.25) is 0 Å². The maximum Gasteiger partial charge on any atom is 0.262 e. The second kappa shape index (κ2) is 10.2. The molecule has 8 heteroatoms. The van der Waals surface area contributed by atoms with E-state index in [2.05, 4.69) is 4.72 Å². The summed E-state index contributed by atoms with van der Waals surface area (Å²) in [6, 6.07) is 18.5. The third-order valence-corrected chi connectivity index (χ3v) is 5.77. The largest absolute Gasteiger partial charge is 0.497 e. The Hall–Kier alpha value is -3.23. The van der Waals surface area contributed by atoms with Crippen molar-refractivity contribution in [2.75, 3.05) is 25.0 Å². The highest BCUT2D eigenvalue weighted by Gasteiger charge is 2.17. The molecule has 0 aliphatic rings. The topological polar surface area (TPSA) is 94.1 Å². The van der Waals surface area contributed by atoms with Gasteiger partial charge in [-0.1, -0.05) is 17.7 Å². The normalized spacial score (nSPS) is 11.1. The fourth-order valence-electron chi connectivity index (χ4n) is 2.72. The molecule has 31 heavy (non-hydrogen) atoms. The van der Waals surface area contributed by atoms with E-state index in [9.17, 15) is 8.42 Å². The molecule has 3 aromatic rings. The van der Waals surface area contributed by atoms with Crippen LogP contribution in [-0.4, -0.2) is 33.8 Å². The molecule has 2 N–H and O–H groups in total. The van der Waals surface area contributed by atoms with Crippen molar-refractivity contribution in [3.63, 3.8) is 0 Å². The molecule has 164 valence electrons. The summed E-state index contributed by atoms with van der Waals surface area (Å²) >= 11 is 0. The summed E-state index contributed by atoms with van der Waals surface area (Å²) in [4.78, 5) is 0.151. The van der Waals surface area contributed by atoms with Crippen LogP contribution in [0.5, 0.6) is 23.0 Å². The molecule has 0 atom stereocenters. The van der Waals surface area contributed by atoms with E-state index in [0.717, 1.165) is 5.56 Å². The molecule has 0 aliphatic carbocycles. The fraction of sp³-hybridized carbons (Fsp3) is 0.217. The Balaban J connectivity index is 1.85. The molecule has 3 aromatic carbocycles. The predicted molar refractivity (Wildman–Crippen MR) is 119 cm³/mol. The van der Waals surface area contributed by atoms with Crippen LogP contribution >= 0.6 is 0 Å². The van der Waals surface area contributed by atoms with E-state index in [0.29, 0.717) is 29.4 Å². The minimum Gasteiger partial charge on any atom is -0.497 e. The maximum absolute atomic E-state index is 12.8. The van der Waals surface area contributed by atoms with Crippen molar-refractivity contribution in [1.82, 2.24) is 0 Å². The molecule has 0 spiro atoms. The van der Waals surface area contributed by atoms with Crippen molar-refractivity contribution in [2.24, 2.45) is 0 Å². The van der Waals surface area contributed by atoms with E-state index in [1.807, 2.05) is 6.92 Å². The molecule has 0 aliphatic heterocycles. The van der Waals surface area contributed by atoms with E-state index in [1.165, 1.54) is 0 Å². The van der Waals surface area contributed by atoms with Crippen LogP contribution in [0.25, 0.3) is 0 Å². The second-order valence-corrected chi connectivity index (χ2v) is 8.46. The number of ether oxygens (including phenoxy) is 3. The molecule has 0 saturated carbocycles. The summed E-state index contributed by atoms with van der Waals surface area (Å²) in [6.07, 6.45) is 0.410. The van der Waals surface area contributed by atoms with Crippen LogP contribution in [0.1, 0.15) is 12.0 Å². The SMILES string of the molecule is COc1ccc(Oc2ccc(NS(=O)(=O)c3ccc(C)cc3)c(OCCCO)c2)cc1. The van der Waals surface area contributed by atoms with Crippen molar-refractivity contribution in [2.45, 2.75) is 18.2 Å². The summed E-state index contributed by atoms with van der Waals surface area (Å²) in [5.41, 5.74) is 1.24. The van der Waals surface area contributed by atoms with Crippen LogP contribution in [-0.2, 0) is 10.0 Å². The highest BCUT2D eigenvalue weighted by Crippen LogP contribution is 2.34. The molecular weight excluding hydrogens is 418 g/mol. The van der Waals surface area contributed by atoms with Gasteiger partial charge in [-0.25, -0.2) is 8.42 Å². The number of methoxy groups -OCH3 is 1. The Kier molecular flexibility index (Phi) is 7.38. The van der Waals surface area contributed by atoms with Crippen LogP contribution in [0.15, 0.2) is 71.6 Å². The average Bonchev–Trinajstić information content (AvgIpc) is 2.76. The first-order valence-electron chi connectivity index (χ1n) is 9.70. The first kappa shape index (κ1) is 22.5. The highest BCUT2D eigenvalue weighted by molar-refractivity contribution is 7.92. The smallest absolute Gasteiger partial charge is 0.262 e.